The van der Waals surface area contributed by atoms with Crippen molar-refractivity contribution < 1.29 is 28.6 Å². The van der Waals surface area contributed by atoms with Crippen molar-refractivity contribution in [1.29, 1.82) is 0 Å². The van der Waals surface area contributed by atoms with Crippen molar-refractivity contribution >= 4 is 28.6 Å². The zero-order valence-electron chi connectivity index (χ0n) is 17.8. The van der Waals surface area contributed by atoms with Gasteiger partial charge in [0.15, 0.2) is 11.5 Å². The van der Waals surface area contributed by atoms with Crippen LogP contribution < -0.4 is 4.74 Å². The van der Waals surface area contributed by atoms with E-state index in [0.29, 0.717) is 29.9 Å². The Morgan fingerprint density at radius 3 is 2.62 bits per heavy atom. The van der Waals surface area contributed by atoms with E-state index >= 15 is 0 Å². The molecule has 164 valence electrons. The molecule has 0 saturated carbocycles. The first-order valence-electron chi connectivity index (χ1n) is 10.5. The number of nitrogens with zero attached hydrogens (tertiary/aromatic N) is 1. The molecule has 1 aromatic heterocycles. The lowest BCUT2D eigenvalue weighted by Gasteiger charge is -2.26. The highest BCUT2D eigenvalue weighted by atomic mass is 16.5. The molecule has 0 saturated heterocycles. The van der Waals surface area contributed by atoms with Gasteiger partial charge in [0.2, 0.25) is 5.78 Å². The minimum Gasteiger partial charge on any atom is -0.503 e. The summed E-state index contributed by atoms with van der Waals surface area (Å²) >= 11 is 0. The summed E-state index contributed by atoms with van der Waals surface area (Å²) in [5, 5.41) is 11.5. The molecule has 0 bridgehead atoms. The summed E-state index contributed by atoms with van der Waals surface area (Å²) in [6.45, 7) is 3.64. The van der Waals surface area contributed by atoms with Crippen LogP contribution in [-0.4, -0.2) is 34.2 Å². The fourth-order valence-electron chi connectivity index (χ4n) is 3.93. The Hall–Kier alpha value is -3.87. The summed E-state index contributed by atoms with van der Waals surface area (Å²) in [5.41, 5.74) is 1.04. The molecule has 0 radical (unpaired) electrons. The number of hydrogen-bond donors (Lipinski definition) is 1. The summed E-state index contributed by atoms with van der Waals surface area (Å²) in [5.74, 6) is -1.91. The molecule has 4 rings (SSSR count). The average Bonchev–Trinajstić information content (AvgIpc) is 3.31. The quantitative estimate of drug-likeness (QED) is 0.328. The highest BCUT2D eigenvalue weighted by Gasteiger charge is 2.44. The van der Waals surface area contributed by atoms with Crippen molar-refractivity contribution in [3.63, 3.8) is 0 Å². The van der Waals surface area contributed by atoms with Gasteiger partial charge in [-0.15, -0.1) is 0 Å². The van der Waals surface area contributed by atoms with E-state index in [0.717, 1.165) is 11.8 Å². The number of ether oxygens (including phenoxy) is 1. The molecule has 1 aliphatic rings. The maximum Gasteiger partial charge on any atom is 0.308 e. The fourth-order valence-corrected chi connectivity index (χ4v) is 3.93. The first kappa shape index (κ1) is 21.4. The van der Waals surface area contributed by atoms with Gasteiger partial charge in [-0.3, -0.25) is 14.4 Å². The van der Waals surface area contributed by atoms with Crippen LogP contribution in [0.4, 0.5) is 0 Å². The number of furan rings is 1. The number of benzene rings is 2. The predicted octanol–water partition coefficient (Wildman–Crippen LogP) is 4.74. The Labute approximate surface area is 184 Å². The lowest BCUT2D eigenvalue weighted by molar-refractivity contribution is -0.132. The smallest absolute Gasteiger partial charge is 0.308 e. The molecule has 2 heterocycles. The summed E-state index contributed by atoms with van der Waals surface area (Å²) in [6.07, 6.45) is 1.53. The average molecular weight is 433 g/mol. The number of para-hydroxylation sites is 1. The van der Waals surface area contributed by atoms with Crippen molar-refractivity contribution in [2.75, 3.05) is 6.54 Å². The van der Waals surface area contributed by atoms with Crippen molar-refractivity contribution in [2.24, 2.45) is 0 Å². The van der Waals surface area contributed by atoms with E-state index in [1.54, 1.807) is 42.5 Å². The minimum atomic E-state index is -0.828. The summed E-state index contributed by atoms with van der Waals surface area (Å²) in [7, 11) is 0. The number of carbonyl (C=O) groups is 3. The number of esters is 1. The van der Waals surface area contributed by atoms with Gasteiger partial charge < -0.3 is 19.2 Å². The second kappa shape index (κ2) is 8.70. The van der Waals surface area contributed by atoms with Gasteiger partial charge in [-0.25, -0.2) is 0 Å². The van der Waals surface area contributed by atoms with Crippen LogP contribution in [0.25, 0.3) is 11.0 Å². The number of hydrogen-bond acceptors (Lipinski definition) is 6. The summed E-state index contributed by atoms with van der Waals surface area (Å²) < 4.78 is 10.9. The second-order valence-electron chi connectivity index (χ2n) is 7.66. The van der Waals surface area contributed by atoms with E-state index in [-0.39, 0.29) is 11.3 Å². The molecule has 1 N–H and O–H groups in total. The lowest BCUT2D eigenvalue weighted by Crippen LogP contribution is -2.32. The van der Waals surface area contributed by atoms with Gasteiger partial charge in [0, 0.05) is 18.9 Å². The summed E-state index contributed by atoms with van der Waals surface area (Å²) in [4.78, 5) is 39.3. The van der Waals surface area contributed by atoms with Crippen LogP contribution in [0.15, 0.2) is 70.3 Å². The van der Waals surface area contributed by atoms with Crippen molar-refractivity contribution in [2.45, 2.75) is 32.7 Å². The molecule has 32 heavy (non-hydrogen) atoms. The molecule has 3 aromatic rings. The fraction of sp³-hybridized carbons (Fsp3) is 0.240. The Balaban J connectivity index is 1.79. The van der Waals surface area contributed by atoms with Gasteiger partial charge >= 0.3 is 5.97 Å². The van der Waals surface area contributed by atoms with Crippen molar-refractivity contribution in [1.82, 2.24) is 4.90 Å². The van der Waals surface area contributed by atoms with Crippen LogP contribution in [0.1, 0.15) is 48.8 Å². The van der Waals surface area contributed by atoms with Crippen LogP contribution in [0.3, 0.4) is 0 Å². The summed E-state index contributed by atoms with van der Waals surface area (Å²) in [6, 6.07) is 14.6. The molecule has 1 atom stereocenters. The van der Waals surface area contributed by atoms with Gasteiger partial charge in [0.05, 0.1) is 11.6 Å². The molecule has 1 aliphatic heterocycles. The van der Waals surface area contributed by atoms with E-state index in [2.05, 4.69) is 0 Å². The topological polar surface area (TPSA) is 97.1 Å². The minimum absolute atomic E-state index is 0.0408. The van der Waals surface area contributed by atoms with Crippen LogP contribution in [0.2, 0.25) is 0 Å². The highest BCUT2D eigenvalue weighted by Crippen LogP contribution is 2.40. The largest absolute Gasteiger partial charge is 0.503 e. The number of ketones is 1. The van der Waals surface area contributed by atoms with Crippen molar-refractivity contribution in [3.05, 3.63) is 77.3 Å². The molecule has 1 unspecified atom stereocenters. The van der Waals surface area contributed by atoms with Gasteiger partial charge in [0.25, 0.3) is 5.91 Å². The number of unbranched alkanes of at least 4 members (excludes halogenated alkanes) is 1. The molecule has 0 aliphatic carbocycles. The van der Waals surface area contributed by atoms with Crippen LogP contribution in [0.5, 0.6) is 5.75 Å². The molecule has 0 fully saturated rings. The Kier molecular flexibility index (Phi) is 5.81. The maximum absolute atomic E-state index is 13.5. The van der Waals surface area contributed by atoms with Crippen molar-refractivity contribution in [3.8, 4) is 5.75 Å². The Morgan fingerprint density at radius 2 is 1.91 bits per heavy atom. The van der Waals surface area contributed by atoms with Gasteiger partial charge in [-0.2, -0.15) is 0 Å². The molecule has 7 nitrogen and oxygen atoms in total. The number of carbonyl (C=O) groups excluding carboxylic acids is 3. The zero-order valence-corrected chi connectivity index (χ0v) is 17.8. The second-order valence-corrected chi connectivity index (χ2v) is 7.66. The number of Topliss-reactive ketones (excluding diaryl/α,β-unsaturated/α-hetero) is 1. The van der Waals surface area contributed by atoms with E-state index in [9.17, 15) is 19.5 Å². The third-order valence-corrected chi connectivity index (χ3v) is 5.39. The van der Waals surface area contributed by atoms with Crippen LogP contribution >= 0.6 is 0 Å². The first-order chi connectivity index (χ1) is 15.4. The van der Waals surface area contributed by atoms with E-state index in [4.69, 9.17) is 9.15 Å². The van der Waals surface area contributed by atoms with Gasteiger partial charge in [-0.1, -0.05) is 43.7 Å². The Morgan fingerprint density at radius 1 is 1.12 bits per heavy atom. The first-order valence-corrected chi connectivity index (χ1v) is 10.5. The SMILES string of the molecule is CCCCN1C(=O)C(O)=C(C(=O)c2cc3ccccc3o2)C1c1cccc(OC(C)=O)c1. The van der Waals surface area contributed by atoms with E-state index in [1.165, 1.54) is 11.8 Å². The third kappa shape index (κ3) is 3.89. The molecule has 7 heteroatoms. The zero-order chi connectivity index (χ0) is 22.8. The predicted molar refractivity (Wildman–Crippen MR) is 117 cm³/mol. The van der Waals surface area contributed by atoms with Gasteiger partial charge in [-0.05, 0) is 36.2 Å². The number of aliphatic hydroxyl groups is 1. The van der Waals surface area contributed by atoms with Gasteiger partial charge in [0.1, 0.15) is 11.3 Å². The molecule has 1 amide bonds. The number of aliphatic hydroxyl groups excluding tert-OH is 1. The number of fused-ring (bicyclic) bond motifs is 1. The standard InChI is InChI=1S/C25H23NO6/c1-3-4-12-26-22(17-9-7-10-18(13-17)31-15(2)27)21(24(29)25(26)30)23(28)20-14-16-8-5-6-11-19(16)32-20/h5-11,13-14,22,29H,3-4,12H2,1-2H3. The monoisotopic (exact) mass is 433 g/mol. The van der Waals surface area contributed by atoms with E-state index < -0.39 is 29.5 Å². The Bertz CT molecular complexity index is 1200. The maximum atomic E-state index is 13.5. The molecular formula is C25H23NO6. The molecule has 2 aromatic carbocycles. The number of rotatable bonds is 7. The van der Waals surface area contributed by atoms with E-state index in [1.807, 2.05) is 19.1 Å². The third-order valence-electron chi connectivity index (χ3n) is 5.39. The molecule has 0 spiro atoms. The number of amides is 1. The lowest BCUT2D eigenvalue weighted by atomic mass is 9.94. The highest BCUT2D eigenvalue weighted by molar-refractivity contribution is 6.16. The van der Waals surface area contributed by atoms with Crippen LogP contribution in [0, 0.1) is 0 Å². The normalized spacial score (nSPS) is 16.1. The molecular weight excluding hydrogens is 410 g/mol. The van der Waals surface area contributed by atoms with Crippen LogP contribution in [-0.2, 0) is 9.59 Å².